The summed E-state index contributed by atoms with van der Waals surface area (Å²) in [6.45, 7) is -1.44. The second-order valence-corrected chi connectivity index (χ2v) is 6.06. The largest absolute Gasteiger partial charge is 0.483 e. The third-order valence-corrected chi connectivity index (χ3v) is 4.21. The van der Waals surface area contributed by atoms with E-state index in [-0.39, 0.29) is 29.5 Å². The highest BCUT2D eigenvalue weighted by Crippen LogP contribution is 2.37. The molecule has 3 aromatic rings. The number of alkyl halides is 3. The summed E-state index contributed by atoms with van der Waals surface area (Å²) in [5.74, 6) is -0.878. The number of anilines is 1. The maximum Gasteiger partial charge on any atom is 0.422 e. The predicted molar refractivity (Wildman–Crippen MR) is 90.3 cm³/mol. The number of amides is 1. The number of H-pyrrole nitrogens is 1. The lowest BCUT2D eigenvalue weighted by Crippen LogP contribution is -2.23. The molecule has 0 aliphatic carbocycles. The second kappa shape index (κ2) is 6.63. The molecule has 0 unspecified atom stereocenters. The highest BCUT2D eigenvalue weighted by atomic mass is 19.4. The van der Waals surface area contributed by atoms with E-state index in [1.165, 1.54) is 29.4 Å². The van der Waals surface area contributed by atoms with E-state index in [4.69, 9.17) is 4.74 Å². The summed E-state index contributed by atoms with van der Waals surface area (Å²) in [6, 6.07) is 6.39. The van der Waals surface area contributed by atoms with Gasteiger partial charge in [0.2, 0.25) is 0 Å². The topological polar surface area (TPSA) is 71.1 Å². The van der Waals surface area contributed by atoms with E-state index >= 15 is 0 Å². The van der Waals surface area contributed by atoms with E-state index in [2.05, 4.69) is 15.2 Å². The van der Waals surface area contributed by atoms with Crippen molar-refractivity contribution in [3.63, 3.8) is 0 Å². The monoisotopic (exact) mass is 392 g/mol. The number of aromatic nitrogens is 3. The number of nitrogens with one attached hydrogen (secondary N) is 1. The molecule has 10 heteroatoms. The van der Waals surface area contributed by atoms with Crippen molar-refractivity contribution < 1.29 is 27.1 Å². The molecule has 0 fully saturated rings. The first-order chi connectivity index (χ1) is 13.3. The molecule has 4 rings (SSSR count). The molecule has 3 heterocycles. The number of aromatic amines is 1. The Kier molecular flexibility index (Phi) is 4.25. The molecule has 0 bridgehead atoms. The number of halogens is 4. The Morgan fingerprint density at radius 1 is 1.14 bits per heavy atom. The van der Waals surface area contributed by atoms with Crippen LogP contribution in [0.1, 0.15) is 15.9 Å². The number of fused-ring (bicyclic) bond motifs is 1. The average molecular weight is 392 g/mol. The molecule has 1 amide bonds. The molecule has 0 saturated carbocycles. The van der Waals surface area contributed by atoms with Crippen LogP contribution in [0.2, 0.25) is 0 Å². The molecule has 0 atom stereocenters. The summed E-state index contributed by atoms with van der Waals surface area (Å²) in [5, 5.41) is 6.51. The van der Waals surface area contributed by atoms with Crippen LogP contribution in [0.25, 0.3) is 11.3 Å². The number of hydrogen-bond acceptors (Lipinski definition) is 4. The van der Waals surface area contributed by atoms with Crippen molar-refractivity contribution in [1.82, 2.24) is 15.2 Å². The molecule has 1 aliphatic heterocycles. The lowest BCUT2D eigenvalue weighted by molar-refractivity contribution is -0.153. The molecular formula is C18H12F4N4O2. The Balaban J connectivity index is 1.76. The maximum absolute atomic E-state index is 13.6. The van der Waals surface area contributed by atoms with Gasteiger partial charge in [-0.1, -0.05) is 0 Å². The third kappa shape index (κ3) is 3.28. The van der Waals surface area contributed by atoms with E-state index < -0.39 is 18.6 Å². The molecule has 0 radical (unpaired) electrons. The molecule has 1 aromatic carbocycles. The highest BCUT2D eigenvalue weighted by molar-refractivity contribution is 6.10. The van der Waals surface area contributed by atoms with Gasteiger partial charge >= 0.3 is 6.18 Å². The van der Waals surface area contributed by atoms with Gasteiger partial charge < -0.3 is 4.74 Å². The van der Waals surface area contributed by atoms with Gasteiger partial charge in [-0.2, -0.15) is 18.3 Å². The zero-order valence-corrected chi connectivity index (χ0v) is 14.1. The van der Waals surface area contributed by atoms with Gasteiger partial charge in [0.05, 0.1) is 18.4 Å². The van der Waals surface area contributed by atoms with Gasteiger partial charge in [0.25, 0.3) is 5.91 Å². The first-order valence-corrected chi connectivity index (χ1v) is 8.12. The lowest BCUT2D eigenvalue weighted by Gasteiger charge is -2.15. The van der Waals surface area contributed by atoms with Crippen LogP contribution in [0.15, 0.2) is 42.7 Å². The minimum atomic E-state index is -4.58. The number of pyridine rings is 1. The highest BCUT2D eigenvalue weighted by Gasteiger charge is 2.33. The van der Waals surface area contributed by atoms with Crippen LogP contribution in [-0.2, 0) is 6.54 Å². The van der Waals surface area contributed by atoms with Crippen molar-refractivity contribution in [2.75, 3.05) is 11.5 Å². The Morgan fingerprint density at radius 2 is 1.96 bits per heavy atom. The second-order valence-electron chi connectivity index (χ2n) is 6.06. The first kappa shape index (κ1) is 18.0. The van der Waals surface area contributed by atoms with Crippen molar-refractivity contribution >= 4 is 11.7 Å². The number of carbonyl (C=O) groups excluding carboxylic acids is 1. The summed E-state index contributed by atoms with van der Waals surface area (Å²) in [4.78, 5) is 18.3. The number of nitrogens with zero attached hydrogens (tertiary/aromatic N) is 3. The Bertz CT molecular complexity index is 1030. The fourth-order valence-corrected chi connectivity index (χ4v) is 3.02. The van der Waals surface area contributed by atoms with Crippen LogP contribution >= 0.6 is 0 Å². The number of rotatable bonds is 4. The summed E-state index contributed by atoms with van der Waals surface area (Å²) in [5.41, 5.74) is 1.28. The zero-order valence-electron chi connectivity index (χ0n) is 14.1. The van der Waals surface area contributed by atoms with E-state index in [0.29, 0.717) is 16.9 Å². The molecule has 0 saturated heterocycles. The number of carbonyl (C=O) groups is 1. The van der Waals surface area contributed by atoms with Crippen molar-refractivity contribution in [2.45, 2.75) is 12.7 Å². The molecule has 0 spiro atoms. The number of hydrogen-bond donors (Lipinski definition) is 1. The van der Waals surface area contributed by atoms with Gasteiger partial charge in [-0.3, -0.25) is 19.8 Å². The van der Waals surface area contributed by atoms with Gasteiger partial charge in [-0.05, 0) is 18.2 Å². The minimum Gasteiger partial charge on any atom is -0.483 e. The van der Waals surface area contributed by atoms with Crippen LogP contribution in [0.4, 0.5) is 23.4 Å². The van der Waals surface area contributed by atoms with Crippen LogP contribution < -0.4 is 9.64 Å². The molecule has 2 aromatic heterocycles. The molecule has 28 heavy (non-hydrogen) atoms. The lowest BCUT2D eigenvalue weighted by atomic mass is 10.0. The Hall–Kier alpha value is -3.43. The summed E-state index contributed by atoms with van der Waals surface area (Å²) in [6.07, 6.45) is -1.71. The quantitative estimate of drug-likeness (QED) is 0.687. The standard InChI is InChI=1S/C18H12F4N4O2/c19-10-1-2-12(14(7-10)28-9-18(20,21)22)16-13-8-26(15-4-6-24-25-15)17(27)11(13)3-5-23-16/h1-7H,8-9H2,(H,24,25). The van der Waals surface area contributed by atoms with E-state index in [9.17, 15) is 22.4 Å². The van der Waals surface area contributed by atoms with Crippen LogP contribution in [0.5, 0.6) is 5.75 Å². The molecule has 1 N–H and O–H groups in total. The van der Waals surface area contributed by atoms with Crippen LogP contribution in [0, 0.1) is 5.82 Å². The molecule has 1 aliphatic rings. The van der Waals surface area contributed by atoms with Gasteiger partial charge in [-0.25, -0.2) is 4.39 Å². The summed E-state index contributed by atoms with van der Waals surface area (Å²) in [7, 11) is 0. The zero-order chi connectivity index (χ0) is 19.9. The molecule has 144 valence electrons. The molecule has 6 nitrogen and oxygen atoms in total. The number of benzene rings is 1. The first-order valence-electron chi connectivity index (χ1n) is 8.12. The Labute approximate surface area is 155 Å². The Morgan fingerprint density at radius 3 is 2.68 bits per heavy atom. The van der Waals surface area contributed by atoms with Crippen LogP contribution in [-0.4, -0.2) is 33.9 Å². The smallest absolute Gasteiger partial charge is 0.422 e. The van der Waals surface area contributed by atoms with Crippen molar-refractivity contribution in [2.24, 2.45) is 0 Å². The predicted octanol–water partition coefficient (Wildman–Crippen LogP) is 3.71. The van der Waals surface area contributed by atoms with Crippen molar-refractivity contribution in [3.8, 4) is 17.0 Å². The fourth-order valence-electron chi connectivity index (χ4n) is 3.02. The fraction of sp³-hybridized carbons (Fsp3) is 0.167. The normalized spacial score (nSPS) is 13.7. The van der Waals surface area contributed by atoms with Crippen LogP contribution in [0.3, 0.4) is 0 Å². The van der Waals surface area contributed by atoms with Gasteiger partial charge in [-0.15, -0.1) is 0 Å². The van der Waals surface area contributed by atoms with E-state index in [0.717, 1.165) is 12.1 Å². The third-order valence-electron chi connectivity index (χ3n) is 4.21. The average Bonchev–Trinajstić information content (AvgIpc) is 3.28. The van der Waals surface area contributed by atoms with E-state index in [1.54, 1.807) is 6.07 Å². The van der Waals surface area contributed by atoms with Gasteiger partial charge in [0.1, 0.15) is 17.4 Å². The summed E-state index contributed by atoms with van der Waals surface area (Å²) >= 11 is 0. The SMILES string of the molecule is O=C1c2ccnc(-c3ccc(F)cc3OCC(F)(F)F)c2CN1c1ccn[nH]1. The number of ether oxygens (including phenoxy) is 1. The van der Waals surface area contributed by atoms with Crippen molar-refractivity contribution in [1.29, 1.82) is 0 Å². The van der Waals surface area contributed by atoms with Crippen molar-refractivity contribution in [3.05, 3.63) is 59.7 Å². The van der Waals surface area contributed by atoms with Gasteiger partial charge in [0, 0.05) is 35.0 Å². The summed E-state index contributed by atoms with van der Waals surface area (Å²) < 4.78 is 56.1. The maximum atomic E-state index is 13.6. The van der Waals surface area contributed by atoms with E-state index in [1.807, 2.05) is 0 Å². The van der Waals surface area contributed by atoms with Gasteiger partial charge in [0.15, 0.2) is 6.61 Å². The molecular weight excluding hydrogens is 380 g/mol. The minimum absolute atomic E-state index is 0.135.